The van der Waals surface area contributed by atoms with E-state index in [1.165, 1.54) is 0 Å². The molecule has 2 nitrogen and oxygen atoms in total. The molecule has 0 N–H and O–H groups in total. The van der Waals surface area contributed by atoms with Crippen LogP contribution in [0.5, 0.6) is 5.75 Å². The minimum atomic E-state index is -0.804. The Morgan fingerprint density at radius 3 is 2.58 bits per heavy atom. The Balaban J connectivity index is 2.93. The predicted octanol–water partition coefficient (Wildman–Crippen LogP) is 3.04. The fourth-order valence-corrected chi connectivity index (χ4v) is 1.08. The van der Waals surface area contributed by atoms with Gasteiger partial charge < -0.3 is 4.74 Å². The molecule has 0 aliphatic rings. The van der Waals surface area contributed by atoms with E-state index in [2.05, 4.69) is 0 Å². The molecule has 12 heavy (non-hydrogen) atoms. The Morgan fingerprint density at radius 2 is 2.08 bits per heavy atom. The molecule has 1 rings (SSSR count). The number of halogens is 1. The zero-order valence-electron chi connectivity index (χ0n) is 6.93. The molecule has 0 amide bonds. The summed E-state index contributed by atoms with van der Waals surface area (Å²) >= 11 is 5.06. The molecule has 0 bridgehead atoms. The van der Waals surface area contributed by atoms with Gasteiger partial charge in [0, 0.05) is 11.6 Å². The molecule has 0 radical (unpaired) electrons. The van der Waals surface area contributed by atoms with Gasteiger partial charge in [-0.25, -0.2) is 4.79 Å². The summed E-state index contributed by atoms with van der Waals surface area (Å²) in [6, 6.07) is 5.52. The SMILES string of the molecule is Cc1ccc(OC(=O)Cl)c(C)c1. The molecule has 0 spiro atoms. The Hall–Kier alpha value is -1.02. The number of aryl methyl sites for hydroxylation is 2. The highest BCUT2D eigenvalue weighted by Crippen LogP contribution is 2.19. The van der Waals surface area contributed by atoms with E-state index in [0.717, 1.165) is 11.1 Å². The maximum Gasteiger partial charge on any atom is 0.409 e. The zero-order valence-corrected chi connectivity index (χ0v) is 7.68. The summed E-state index contributed by atoms with van der Waals surface area (Å²) in [6.07, 6.45) is 0. The van der Waals surface area contributed by atoms with Gasteiger partial charge in [-0.15, -0.1) is 0 Å². The van der Waals surface area contributed by atoms with Gasteiger partial charge in [-0.2, -0.15) is 0 Å². The summed E-state index contributed by atoms with van der Waals surface area (Å²) in [4.78, 5) is 10.4. The van der Waals surface area contributed by atoms with Crippen LogP contribution in [0.3, 0.4) is 0 Å². The average Bonchev–Trinajstić information content (AvgIpc) is 1.94. The van der Waals surface area contributed by atoms with Crippen molar-refractivity contribution < 1.29 is 9.53 Å². The van der Waals surface area contributed by atoms with Gasteiger partial charge in [0.15, 0.2) is 0 Å². The van der Waals surface area contributed by atoms with Crippen molar-refractivity contribution in [1.29, 1.82) is 0 Å². The highest BCUT2D eigenvalue weighted by molar-refractivity contribution is 6.61. The molecule has 1 aromatic carbocycles. The lowest BCUT2D eigenvalue weighted by atomic mass is 10.1. The third-order valence-electron chi connectivity index (χ3n) is 1.52. The molecule has 0 heterocycles. The topological polar surface area (TPSA) is 26.3 Å². The van der Waals surface area contributed by atoms with Crippen LogP contribution >= 0.6 is 11.6 Å². The number of hydrogen-bond acceptors (Lipinski definition) is 2. The van der Waals surface area contributed by atoms with Gasteiger partial charge in [-0.3, -0.25) is 0 Å². The van der Waals surface area contributed by atoms with Crippen molar-refractivity contribution >= 4 is 17.0 Å². The van der Waals surface area contributed by atoms with Crippen LogP contribution in [0, 0.1) is 13.8 Å². The lowest BCUT2D eigenvalue weighted by molar-refractivity contribution is 0.225. The van der Waals surface area contributed by atoms with Crippen molar-refractivity contribution in [2.75, 3.05) is 0 Å². The lowest BCUT2D eigenvalue weighted by Gasteiger charge is -2.03. The predicted molar refractivity (Wildman–Crippen MR) is 47.8 cm³/mol. The third-order valence-corrected chi connectivity index (χ3v) is 1.60. The number of hydrogen-bond donors (Lipinski definition) is 0. The summed E-state index contributed by atoms with van der Waals surface area (Å²) in [5, 5.41) is 0. The summed E-state index contributed by atoms with van der Waals surface area (Å²) in [5.74, 6) is 0.514. The fourth-order valence-electron chi connectivity index (χ4n) is 1.00. The normalized spacial score (nSPS) is 9.58. The van der Waals surface area contributed by atoms with E-state index in [4.69, 9.17) is 16.3 Å². The van der Waals surface area contributed by atoms with Crippen LogP contribution in [0.4, 0.5) is 4.79 Å². The molecular formula is C9H9ClO2. The van der Waals surface area contributed by atoms with E-state index >= 15 is 0 Å². The molecule has 3 heteroatoms. The molecule has 64 valence electrons. The molecule has 0 saturated heterocycles. The number of carbonyl (C=O) groups excluding carboxylic acids is 1. The Kier molecular flexibility index (Phi) is 2.71. The number of benzene rings is 1. The standard InChI is InChI=1S/C9H9ClO2/c1-6-3-4-8(7(2)5-6)12-9(10)11/h3-5H,1-2H3. The van der Waals surface area contributed by atoms with Crippen LogP contribution in [-0.2, 0) is 0 Å². The first-order valence-corrected chi connectivity index (χ1v) is 3.92. The number of rotatable bonds is 1. The first kappa shape index (κ1) is 9.07. The van der Waals surface area contributed by atoms with Gasteiger partial charge in [-0.1, -0.05) is 17.7 Å². The first-order chi connectivity index (χ1) is 5.59. The van der Waals surface area contributed by atoms with Crippen molar-refractivity contribution in [3.63, 3.8) is 0 Å². The van der Waals surface area contributed by atoms with E-state index in [1.807, 2.05) is 26.0 Å². The van der Waals surface area contributed by atoms with Crippen LogP contribution < -0.4 is 4.74 Å². The van der Waals surface area contributed by atoms with E-state index in [9.17, 15) is 4.79 Å². The third kappa shape index (κ3) is 2.24. The first-order valence-electron chi connectivity index (χ1n) is 3.54. The molecule has 0 atom stereocenters. The van der Waals surface area contributed by atoms with Crippen LogP contribution in [0.2, 0.25) is 0 Å². The Labute approximate surface area is 76.1 Å². The lowest BCUT2D eigenvalue weighted by Crippen LogP contribution is -1.97. The highest BCUT2D eigenvalue weighted by Gasteiger charge is 2.02. The molecule has 0 aromatic heterocycles. The molecular weight excluding hydrogens is 176 g/mol. The second-order valence-corrected chi connectivity index (χ2v) is 2.92. The second kappa shape index (κ2) is 3.59. The van der Waals surface area contributed by atoms with E-state index in [0.29, 0.717) is 5.75 Å². The van der Waals surface area contributed by atoms with E-state index < -0.39 is 5.43 Å². The van der Waals surface area contributed by atoms with Crippen LogP contribution in [0.15, 0.2) is 18.2 Å². The minimum Gasteiger partial charge on any atom is -0.414 e. The molecule has 0 fully saturated rings. The summed E-state index contributed by atoms with van der Waals surface area (Å²) < 4.78 is 4.73. The van der Waals surface area contributed by atoms with Crippen LogP contribution in [-0.4, -0.2) is 5.43 Å². The van der Waals surface area contributed by atoms with Gasteiger partial charge in [0.25, 0.3) is 0 Å². The molecule has 0 aliphatic carbocycles. The Morgan fingerprint density at radius 1 is 1.42 bits per heavy atom. The van der Waals surface area contributed by atoms with E-state index in [-0.39, 0.29) is 0 Å². The molecule has 0 aliphatic heterocycles. The smallest absolute Gasteiger partial charge is 0.409 e. The van der Waals surface area contributed by atoms with Crippen molar-refractivity contribution in [2.24, 2.45) is 0 Å². The van der Waals surface area contributed by atoms with E-state index in [1.54, 1.807) is 6.07 Å². The maximum absolute atomic E-state index is 10.4. The summed E-state index contributed by atoms with van der Waals surface area (Å²) in [7, 11) is 0. The van der Waals surface area contributed by atoms with Gasteiger partial charge in [0.1, 0.15) is 5.75 Å². The quantitative estimate of drug-likeness (QED) is 0.627. The summed E-state index contributed by atoms with van der Waals surface area (Å²) in [6.45, 7) is 3.83. The van der Waals surface area contributed by atoms with Crippen molar-refractivity contribution in [2.45, 2.75) is 13.8 Å². The largest absolute Gasteiger partial charge is 0.414 e. The van der Waals surface area contributed by atoms with Crippen molar-refractivity contribution in [3.8, 4) is 5.75 Å². The van der Waals surface area contributed by atoms with Crippen LogP contribution in [0.25, 0.3) is 0 Å². The second-order valence-electron chi connectivity index (χ2n) is 2.61. The summed E-state index contributed by atoms with van der Waals surface area (Å²) in [5.41, 5.74) is 1.23. The molecule has 0 saturated carbocycles. The Bertz CT molecular complexity index is 307. The minimum absolute atomic E-state index is 0.514. The van der Waals surface area contributed by atoms with Gasteiger partial charge in [0.05, 0.1) is 0 Å². The number of carbonyl (C=O) groups is 1. The molecule has 0 unspecified atom stereocenters. The van der Waals surface area contributed by atoms with Gasteiger partial charge in [0.2, 0.25) is 0 Å². The fraction of sp³-hybridized carbons (Fsp3) is 0.222. The highest BCUT2D eigenvalue weighted by atomic mass is 35.5. The van der Waals surface area contributed by atoms with Crippen LogP contribution in [0.1, 0.15) is 11.1 Å². The van der Waals surface area contributed by atoms with Gasteiger partial charge >= 0.3 is 5.43 Å². The zero-order chi connectivity index (χ0) is 9.14. The number of ether oxygens (including phenoxy) is 1. The van der Waals surface area contributed by atoms with Crippen molar-refractivity contribution in [1.82, 2.24) is 0 Å². The monoisotopic (exact) mass is 184 g/mol. The molecule has 1 aromatic rings. The average molecular weight is 185 g/mol. The van der Waals surface area contributed by atoms with Gasteiger partial charge in [-0.05, 0) is 25.5 Å². The maximum atomic E-state index is 10.4. The van der Waals surface area contributed by atoms with Crippen molar-refractivity contribution in [3.05, 3.63) is 29.3 Å².